The number of aromatic nitrogens is 3. The average molecular weight is 248 g/mol. The van der Waals surface area contributed by atoms with E-state index in [2.05, 4.69) is 26.9 Å². The molecule has 18 heavy (non-hydrogen) atoms. The van der Waals surface area contributed by atoms with Crippen LogP contribution >= 0.6 is 0 Å². The summed E-state index contributed by atoms with van der Waals surface area (Å²) in [6.45, 7) is 9.72. The van der Waals surface area contributed by atoms with Crippen molar-refractivity contribution in [3.8, 4) is 0 Å². The van der Waals surface area contributed by atoms with Crippen molar-refractivity contribution in [1.82, 2.24) is 14.7 Å². The molecule has 0 amide bonds. The number of nitrogens with one attached hydrogen (secondary N) is 1. The minimum Gasteiger partial charge on any atom is -0.361 e. The Bertz CT molecular complexity index is 508. The van der Waals surface area contributed by atoms with Crippen molar-refractivity contribution in [2.24, 2.45) is 0 Å². The summed E-state index contributed by atoms with van der Waals surface area (Å²) in [5.74, 6) is 1.79. The number of nitrogens with zero attached hydrogens (tertiary/aromatic N) is 3. The van der Waals surface area contributed by atoms with Crippen LogP contribution in [0.15, 0.2) is 10.7 Å². The van der Waals surface area contributed by atoms with Crippen LogP contribution in [-0.4, -0.2) is 21.3 Å². The minimum atomic E-state index is 0.744. The zero-order chi connectivity index (χ0) is 13.1. The lowest BCUT2D eigenvalue weighted by atomic mass is 10.2. The molecule has 5 nitrogen and oxygen atoms in total. The van der Waals surface area contributed by atoms with Crippen molar-refractivity contribution in [3.05, 3.63) is 28.9 Å². The molecule has 0 aliphatic carbocycles. The Hall–Kier alpha value is -1.78. The smallest absolute Gasteiger partial charge is 0.203 e. The van der Waals surface area contributed by atoms with Gasteiger partial charge in [0.2, 0.25) is 5.95 Å². The van der Waals surface area contributed by atoms with E-state index in [0.717, 1.165) is 48.2 Å². The first-order chi connectivity index (χ1) is 8.61. The summed E-state index contributed by atoms with van der Waals surface area (Å²) in [4.78, 5) is 4.49. The fourth-order valence-electron chi connectivity index (χ4n) is 1.94. The van der Waals surface area contributed by atoms with Gasteiger partial charge >= 0.3 is 0 Å². The zero-order valence-electron chi connectivity index (χ0n) is 11.4. The molecule has 1 N–H and O–H groups in total. The standard InChI is InChI=1S/C13H20N4O/c1-5-6-14-13-15-9(2)7-17(13)8-12-10(3)16-18-11(12)4/h7H,5-6,8H2,1-4H3,(H,14,15). The third kappa shape index (κ3) is 2.55. The molecule has 0 aromatic carbocycles. The zero-order valence-corrected chi connectivity index (χ0v) is 11.4. The van der Waals surface area contributed by atoms with Crippen LogP contribution in [0.3, 0.4) is 0 Å². The topological polar surface area (TPSA) is 55.9 Å². The molecule has 0 saturated heterocycles. The van der Waals surface area contributed by atoms with Gasteiger partial charge in [0.15, 0.2) is 0 Å². The van der Waals surface area contributed by atoms with E-state index in [0.29, 0.717) is 0 Å². The van der Waals surface area contributed by atoms with Gasteiger partial charge in [-0.15, -0.1) is 0 Å². The van der Waals surface area contributed by atoms with Crippen molar-refractivity contribution < 1.29 is 4.52 Å². The second kappa shape index (κ2) is 5.25. The first kappa shape index (κ1) is 12.7. The molecule has 2 heterocycles. The fraction of sp³-hybridized carbons (Fsp3) is 0.538. The van der Waals surface area contributed by atoms with E-state index in [9.17, 15) is 0 Å². The van der Waals surface area contributed by atoms with Gasteiger partial charge in [-0.3, -0.25) is 0 Å². The largest absolute Gasteiger partial charge is 0.361 e. The normalized spacial score (nSPS) is 10.9. The molecule has 0 unspecified atom stereocenters. The van der Waals surface area contributed by atoms with Gasteiger partial charge in [0.25, 0.3) is 0 Å². The van der Waals surface area contributed by atoms with Gasteiger partial charge in [0.05, 0.1) is 17.9 Å². The highest BCUT2D eigenvalue weighted by Crippen LogP contribution is 2.17. The lowest BCUT2D eigenvalue weighted by Gasteiger charge is -2.08. The third-order valence-electron chi connectivity index (χ3n) is 2.94. The van der Waals surface area contributed by atoms with Crippen molar-refractivity contribution in [2.45, 2.75) is 40.7 Å². The second-order valence-corrected chi connectivity index (χ2v) is 4.56. The average Bonchev–Trinajstić information content (AvgIpc) is 2.84. The first-order valence-electron chi connectivity index (χ1n) is 6.31. The number of imidazole rings is 1. The molecule has 0 radical (unpaired) electrons. The third-order valence-corrected chi connectivity index (χ3v) is 2.94. The van der Waals surface area contributed by atoms with Gasteiger partial charge in [-0.2, -0.15) is 0 Å². The summed E-state index contributed by atoms with van der Waals surface area (Å²) in [6, 6.07) is 0. The quantitative estimate of drug-likeness (QED) is 0.883. The van der Waals surface area contributed by atoms with Crippen LogP contribution in [0, 0.1) is 20.8 Å². The van der Waals surface area contributed by atoms with Crippen molar-refractivity contribution in [2.75, 3.05) is 11.9 Å². The minimum absolute atomic E-state index is 0.744. The van der Waals surface area contributed by atoms with Gasteiger partial charge in [-0.1, -0.05) is 12.1 Å². The molecule has 0 saturated carbocycles. The maximum Gasteiger partial charge on any atom is 0.203 e. The highest BCUT2D eigenvalue weighted by Gasteiger charge is 2.12. The number of hydrogen-bond donors (Lipinski definition) is 1. The molecule has 0 atom stereocenters. The summed E-state index contributed by atoms with van der Waals surface area (Å²) in [5.41, 5.74) is 3.09. The number of hydrogen-bond acceptors (Lipinski definition) is 4. The van der Waals surface area contributed by atoms with Gasteiger partial charge in [0, 0.05) is 18.3 Å². The predicted octanol–water partition coefficient (Wildman–Crippen LogP) is 2.67. The Morgan fingerprint density at radius 2 is 2.11 bits per heavy atom. The summed E-state index contributed by atoms with van der Waals surface area (Å²) < 4.78 is 7.30. The second-order valence-electron chi connectivity index (χ2n) is 4.56. The SMILES string of the molecule is CCCNc1nc(C)cn1Cc1c(C)noc1C. The molecular formula is C13H20N4O. The number of aryl methyl sites for hydroxylation is 3. The van der Waals surface area contributed by atoms with Crippen molar-refractivity contribution in [1.29, 1.82) is 0 Å². The summed E-state index contributed by atoms with van der Waals surface area (Å²) in [6.07, 6.45) is 3.13. The van der Waals surface area contributed by atoms with E-state index >= 15 is 0 Å². The number of rotatable bonds is 5. The maximum absolute atomic E-state index is 5.19. The maximum atomic E-state index is 5.19. The molecule has 0 aliphatic rings. The van der Waals surface area contributed by atoms with Crippen LogP contribution in [0.1, 0.15) is 36.1 Å². The van der Waals surface area contributed by atoms with Crippen LogP contribution in [0.2, 0.25) is 0 Å². The van der Waals surface area contributed by atoms with E-state index in [1.807, 2.05) is 27.0 Å². The molecule has 0 spiro atoms. The summed E-state index contributed by atoms with van der Waals surface area (Å²) in [5, 5.41) is 7.32. The van der Waals surface area contributed by atoms with E-state index in [1.54, 1.807) is 0 Å². The first-order valence-corrected chi connectivity index (χ1v) is 6.31. The molecule has 2 aromatic heterocycles. The van der Waals surface area contributed by atoms with Gasteiger partial charge in [0.1, 0.15) is 5.76 Å². The molecule has 0 fully saturated rings. The molecule has 2 aromatic rings. The van der Waals surface area contributed by atoms with E-state index in [-0.39, 0.29) is 0 Å². The summed E-state index contributed by atoms with van der Waals surface area (Å²) in [7, 11) is 0. The fourth-order valence-corrected chi connectivity index (χ4v) is 1.94. The van der Waals surface area contributed by atoms with Gasteiger partial charge in [-0.25, -0.2) is 4.98 Å². The Kier molecular flexibility index (Phi) is 3.69. The number of anilines is 1. The molecule has 0 bridgehead atoms. The van der Waals surface area contributed by atoms with E-state index in [1.165, 1.54) is 0 Å². The summed E-state index contributed by atoms with van der Waals surface area (Å²) >= 11 is 0. The predicted molar refractivity (Wildman–Crippen MR) is 70.8 cm³/mol. The Morgan fingerprint density at radius 1 is 1.33 bits per heavy atom. The lowest BCUT2D eigenvalue weighted by molar-refractivity contribution is 0.392. The highest BCUT2D eigenvalue weighted by molar-refractivity contribution is 5.31. The molecule has 2 rings (SSSR count). The Morgan fingerprint density at radius 3 is 2.72 bits per heavy atom. The highest BCUT2D eigenvalue weighted by atomic mass is 16.5. The molecule has 98 valence electrons. The van der Waals surface area contributed by atoms with Crippen molar-refractivity contribution in [3.63, 3.8) is 0 Å². The molecule has 0 aliphatic heterocycles. The van der Waals surface area contributed by atoms with Gasteiger partial charge in [-0.05, 0) is 27.2 Å². The van der Waals surface area contributed by atoms with E-state index < -0.39 is 0 Å². The van der Waals surface area contributed by atoms with Crippen molar-refractivity contribution >= 4 is 5.95 Å². The Labute approximate surface area is 107 Å². The Balaban J connectivity index is 2.23. The molecular weight excluding hydrogens is 228 g/mol. The van der Waals surface area contributed by atoms with Gasteiger partial charge < -0.3 is 14.4 Å². The van der Waals surface area contributed by atoms with E-state index in [4.69, 9.17) is 4.52 Å². The van der Waals surface area contributed by atoms with Crippen LogP contribution in [0.25, 0.3) is 0 Å². The lowest BCUT2D eigenvalue weighted by Crippen LogP contribution is -2.09. The molecule has 5 heteroatoms. The van der Waals surface area contributed by atoms with Crippen LogP contribution in [-0.2, 0) is 6.54 Å². The van der Waals surface area contributed by atoms with Crippen LogP contribution in [0.4, 0.5) is 5.95 Å². The van der Waals surface area contributed by atoms with Crippen LogP contribution < -0.4 is 5.32 Å². The van der Waals surface area contributed by atoms with Crippen LogP contribution in [0.5, 0.6) is 0 Å². The monoisotopic (exact) mass is 248 g/mol.